The Morgan fingerprint density at radius 1 is 0.955 bits per heavy atom. The van der Waals surface area contributed by atoms with E-state index in [9.17, 15) is 33.3 Å². The number of benzene rings is 2. The van der Waals surface area contributed by atoms with Crippen molar-refractivity contribution in [2.24, 2.45) is 0 Å². The Labute approximate surface area is 123 Å². The van der Waals surface area contributed by atoms with Crippen LogP contribution in [0.1, 0.15) is 21.5 Å². The molecule has 0 atom stereocenters. The Kier molecular flexibility index (Phi) is 3.99. The van der Waals surface area contributed by atoms with Crippen LogP contribution in [0.2, 0.25) is 0 Å². The summed E-state index contributed by atoms with van der Waals surface area (Å²) >= 11 is 0. The zero-order valence-electron chi connectivity index (χ0n) is 11.1. The van der Waals surface area contributed by atoms with Crippen LogP contribution < -0.4 is 0 Å². The highest BCUT2D eigenvalue weighted by molar-refractivity contribution is 6.00. The molecule has 4 nitrogen and oxygen atoms in total. The van der Waals surface area contributed by atoms with Gasteiger partial charge in [0.05, 0.1) is 11.1 Å². The molecule has 2 rings (SSSR count). The van der Waals surface area contributed by atoms with Gasteiger partial charge in [0.15, 0.2) is 17.3 Å². The van der Waals surface area contributed by atoms with Crippen molar-refractivity contribution in [2.75, 3.05) is 0 Å². The monoisotopic (exact) mass is 312 g/mol. The lowest BCUT2D eigenvalue weighted by Crippen LogP contribution is -2.08. The highest BCUT2D eigenvalue weighted by atomic mass is 19.4. The summed E-state index contributed by atoms with van der Waals surface area (Å²) < 4.78 is 37.8. The predicted octanol–water partition coefficient (Wildman–Crippen LogP) is 3.25. The van der Waals surface area contributed by atoms with Crippen LogP contribution in [0.4, 0.5) is 13.2 Å². The Morgan fingerprint density at radius 3 is 2.23 bits per heavy atom. The Balaban J connectivity index is 2.28. The summed E-state index contributed by atoms with van der Waals surface area (Å²) in [6.45, 7) is 0. The number of carbonyl (C=O) groups excluding carboxylic acids is 1. The topological polar surface area (TPSA) is 77.8 Å². The summed E-state index contributed by atoms with van der Waals surface area (Å²) in [6.07, 6.45) is -4.90. The molecule has 0 aromatic heterocycles. The molecule has 0 radical (unpaired) electrons. The lowest BCUT2D eigenvalue weighted by Gasteiger charge is -2.09. The number of halogens is 3. The van der Waals surface area contributed by atoms with Crippen molar-refractivity contribution in [3.63, 3.8) is 0 Å². The van der Waals surface area contributed by atoms with Gasteiger partial charge in [-0.05, 0) is 17.7 Å². The number of rotatable bonds is 3. The Morgan fingerprint density at radius 2 is 1.59 bits per heavy atom. The average molecular weight is 312 g/mol. The van der Waals surface area contributed by atoms with Crippen molar-refractivity contribution in [3.05, 3.63) is 53.1 Å². The molecule has 7 heteroatoms. The molecule has 116 valence electrons. The van der Waals surface area contributed by atoms with Gasteiger partial charge >= 0.3 is 6.18 Å². The molecule has 0 heterocycles. The standard InChI is InChI=1S/C15H11F3O4/c16-15(17,18)9-3-1-2-8(4-9)5-11(19)10-6-13(21)14(22)7-12(10)20/h1-4,6-7,20-22H,5H2. The fraction of sp³-hybridized carbons (Fsp3) is 0.133. The maximum absolute atomic E-state index is 12.6. The van der Waals surface area contributed by atoms with E-state index in [2.05, 4.69) is 0 Å². The first-order valence-electron chi connectivity index (χ1n) is 6.13. The quantitative estimate of drug-likeness (QED) is 0.462. The highest BCUT2D eigenvalue weighted by Crippen LogP contribution is 2.33. The fourth-order valence-electron chi connectivity index (χ4n) is 1.93. The molecule has 0 amide bonds. The highest BCUT2D eigenvalue weighted by Gasteiger charge is 2.30. The van der Waals surface area contributed by atoms with Crippen LogP contribution >= 0.6 is 0 Å². The molecule has 0 fully saturated rings. The van der Waals surface area contributed by atoms with Gasteiger partial charge in [-0.2, -0.15) is 13.2 Å². The van der Waals surface area contributed by atoms with Crippen molar-refractivity contribution >= 4 is 5.78 Å². The van der Waals surface area contributed by atoms with Crippen molar-refractivity contribution < 1.29 is 33.3 Å². The van der Waals surface area contributed by atoms with E-state index in [1.54, 1.807) is 0 Å². The number of ketones is 1. The minimum Gasteiger partial charge on any atom is -0.507 e. The smallest absolute Gasteiger partial charge is 0.416 e. The van der Waals surface area contributed by atoms with E-state index in [0.29, 0.717) is 0 Å². The molecule has 0 spiro atoms. The van der Waals surface area contributed by atoms with E-state index in [1.165, 1.54) is 12.1 Å². The third-order valence-electron chi connectivity index (χ3n) is 3.01. The van der Waals surface area contributed by atoms with E-state index < -0.39 is 34.8 Å². The largest absolute Gasteiger partial charge is 0.507 e. The molecule has 0 aliphatic rings. The van der Waals surface area contributed by atoms with Crippen LogP contribution in [0.25, 0.3) is 0 Å². The molecule has 0 saturated heterocycles. The van der Waals surface area contributed by atoms with E-state index >= 15 is 0 Å². The second kappa shape index (κ2) is 5.59. The molecule has 0 aliphatic heterocycles. The van der Waals surface area contributed by atoms with Crippen molar-refractivity contribution in [1.82, 2.24) is 0 Å². The molecule has 2 aromatic carbocycles. The first-order valence-corrected chi connectivity index (χ1v) is 6.13. The molecule has 3 N–H and O–H groups in total. The van der Waals surface area contributed by atoms with Crippen molar-refractivity contribution in [2.45, 2.75) is 12.6 Å². The number of alkyl halides is 3. The number of hydrogen-bond donors (Lipinski definition) is 3. The van der Waals surface area contributed by atoms with Gasteiger partial charge in [0, 0.05) is 12.5 Å². The number of hydrogen-bond acceptors (Lipinski definition) is 4. The maximum Gasteiger partial charge on any atom is 0.416 e. The van der Waals surface area contributed by atoms with Gasteiger partial charge in [-0.1, -0.05) is 18.2 Å². The van der Waals surface area contributed by atoms with Crippen LogP contribution in [0.3, 0.4) is 0 Å². The van der Waals surface area contributed by atoms with Gasteiger partial charge < -0.3 is 15.3 Å². The Hall–Kier alpha value is -2.70. The summed E-state index contributed by atoms with van der Waals surface area (Å²) in [6, 6.07) is 5.91. The van der Waals surface area contributed by atoms with Crippen LogP contribution in [0, 0.1) is 0 Å². The second-order valence-electron chi connectivity index (χ2n) is 4.66. The minimum absolute atomic E-state index is 0.117. The Bertz CT molecular complexity index is 723. The van der Waals surface area contributed by atoms with E-state index in [-0.39, 0.29) is 17.5 Å². The molecule has 0 aliphatic carbocycles. The van der Waals surface area contributed by atoms with Crippen LogP contribution in [0.15, 0.2) is 36.4 Å². The van der Waals surface area contributed by atoms with Gasteiger partial charge in [0.1, 0.15) is 5.75 Å². The summed E-state index contributed by atoms with van der Waals surface area (Å²) in [5.74, 6) is -2.46. The van der Waals surface area contributed by atoms with E-state index in [0.717, 1.165) is 24.3 Å². The molecular weight excluding hydrogens is 301 g/mol. The van der Waals surface area contributed by atoms with Crippen LogP contribution in [-0.4, -0.2) is 21.1 Å². The third-order valence-corrected chi connectivity index (χ3v) is 3.01. The SMILES string of the molecule is O=C(Cc1cccc(C(F)(F)F)c1)c1cc(O)c(O)cc1O. The van der Waals surface area contributed by atoms with Gasteiger partial charge in [-0.3, -0.25) is 4.79 Å². The summed E-state index contributed by atoms with van der Waals surface area (Å²) in [7, 11) is 0. The van der Waals surface area contributed by atoms with E-state index in [1.807, 2.05) is 0 Å². The maximum atomic E-state index is 12.6. The van der Waals surface area contributed by atoms with Crippen LogP contribution in [-0.2, 0) is 12.6 Å². The zero-order valence-corrected chi connectivity index (χ0v) is 11.1. The number of carbonyl (C=O) groups is 1. The molecular formula is C15H11F3O4. The summed E-state index contributed by atoms with van der Waals surface area (Å²) in [5.41, 5.74) is -1.05. The second-order valence-corrected chi connectivity index (χ2v) is 4.66. The first kappa shape index (κ1) is 15.7. The fourth-order valence-corrected chi connectivity index (χ4v) is 1.93. The van der Waals surface area contributed by atoms with E-state index in [4.69, 9.17) is 0 Å². The lowest BCUT2D eigenvalue weighted by molar-refractivity contribution is -0.137. The summed E-state index contributed by atoms with van der Waals surface area (Å²) in [5, 5.41) is 28.1. The number of aromatic hydroxyl groups is 3. The lowest BCUT2D eigenvalue weighted by atomic mass is 10.00. The van der Waals surface area contributed by atoms with Gasteiger partial charge in [-0.15, -0.1) is 0 Å². The predicted molar refractivity (Wildman–Crippen MR) is 70.9 cm³/mol. The van der Waals surface area contributed by atoms with Gasteiger partial charge in [-0.25, -0.2) is 0 Å². The first-order chi connectivity index (χ1) is 10.2. The molecule has 2 aromatic rings. The minimum atomic E-state index is -4.52. The normalized spacial score (nSPS) is 11.4. The van der Waals surface area contributed by atoms with Crippen molar-refractivity contribution in [1.29, 1.82) is 0 Å². The number of Topliss-reactive ketones (excluding diaryl/α,β-unsaturated/α-hetero) is 1. The number of phenols is 3. The van der Waals surface area contributed by atoms with Gasteiger partial charge in [0.25, 0.3) is 0 Å². The zero-order chi connectivity index (χ0) is 16.5. The number of phenolic OH excluding ortho intramolecular Hbond substituents is 3. The van der Waals surface area contributed by atoms with Crippen molar-refractivity contribution in [3.8, 4) is 17.2 Å². The third kappa shape index (κ3) is 3.30. The summed E-state index contributed by atoms with van der Waals surface area (Å²) in [4.78, 5) is 12.0. The average Bonchev–Trinajstić information content (AvgIpc) is 2.42. The molecule has 0 saturated carbocycles. The van der Waals surface area contributed by atoms with Crippen LogP contribution in [0.5, 0.6) is 17.2 Å². The molecule has 0 unspecified atom stereocenters. The molecule has 0 bridgehead atoms. The van der Waals surface area contributed by atoms with Gasteiger partial charge in [0.2, 0.25) is 0 Å². The molecule has 22 heavy (non-hydrogen) atoms.